The molecule has 7 heteroatoms. The zero-order valence-corrected chi connectivity index (χ0v) is 15.1. The van der Waals surface area contributed by atoms with Crippen molar-refractivity contribution in [3.05, 3.63) is 42.4 Å². The van der Waals surface area contributed by atoms with Gasteiger partial charge in [0.2, 0.25) is 0 Å². The number of rotatable bonds is 5. The van der Waals surface area contributed by atoms with E-state index < -0.39 is 0 Å². The summed E-state index contributed by atoms with van der Waals surface area (Å²) in [6.07, 6.45) is 4.36. The predicted molar refractivity (Wildman–Crippen MR) is 95.3 cm³/mol. The molecule has 2 heterocycles. The molecule has 1 fully saturated rings. The van der Waals surface area contributed by atoms with Crippen molar-refractivity contribution in [2.75, 3.05) is 12.4 Å². The van der Waals surface area contributed by atoms with Crippen molar-refractivity contribution < 1.29 is 9.53 Å². The van der Waals surface area contributed by atoms with Gasteiger partial charge in [0.15, 0.2) is 5.82 Å². The Balaban J connectivity index is 1.54. The Kier molecular flexibility index (Phi) is 4.51. The van der Waals surface area contributed by atoms with Gasteiger partial charge in [-0.25, -0.2) is 4.79 Å². The molecule has 0 aliphatic heterocycles. The quantitative estimate of drug-likeness (QED) is 0.874. The highest BCUT2D eigenvalue weighted by Crippen LogP contribution is 2.51. The molecule has 1 saturated carbocycles. The highest BCUT2D eigenvalue weighted by Gasteiger charge is 2.58. The van der Waals surface area contributed by atoms with Crippen molar-refractivity contribution in [1.29, 1.82) is 0 Å². The van der Waals surface area contributed by atoms with Crippen molar-refractivity contribution in [2.45, 2.75) is 45.4 Å². The average Bonchev–Trinajstić information content (AvgIpc) is 3.01. The number of nitrogens with zero attached hydrogens (tertiary/aromatic N) is 3. The zero-order chi connectivity index (χ0) is 18.1. The molecule has 2 atom stereocenters. The molecule has 1 aliphatic rings. The van der Waals surface area contributed by atoms with Crippen LogP contribution in [0.15, 0.2) is 36.7 Å². The maximum atomic E-state index is 12.2. The normalized spacial score (nSPS) is 24.4. The summed E-state index contributed by atoms with van der Waals surface area (Å²) in [5, 5.41) is 10.2. The Morgan fingerprint density at radius 3 is 2.80 bits per heavy atom. The smallest absolute Gasteiger partial charge is 0.320 e. The SMILES string of the molecule is CO[C@]1(C)C[C@H](NC(=O)Nc2ccn(Cc3ccccn3)n2)C1(C)C. The standard InChI is InChI=1S/C18H25N5O2/c1-17(2)14(11-18(17,3)25-4)20-16(24)21-15-8-10-23(22-15)12-13-7-5-6-9-19-13/h5-10,14H,11-12H2,1-4H3,(H2,20,21,22,24)/t14-,18+/m0/s1. The summed E-state index contributed by atoms with van der Waals surface area (Å²) in [7, 11) is 1.71. The number of hydrogen-bond donors (Lipinski definition) is 2. The van der Waals surface area contributed by atoms with Crippen molar-refractivity contribution in [3.63, 3.8) is 0 Å². The van der Waals surface area contributed by atoms with Gasteiger partial charge >= 0.3 is 6.03 Å². The van der Waals surface area contributed by atoms with Crippen LogP contribution in [-0.4, -0.2) is 39.5 Å². The number of ether oxygens (including phenoxy) is 1. The Morgan fingerprint density at radius 1 is 1.36 bits per heavy atom. The molecule has 2 aromatic rings. The first kappa shape index (κ1) is 17.4. The van der Waals surface area contributed by atoms with E-state index in [4.69, 9.17) is 4.74 Å². The Bertz CT molecular complexity index is 743. The van der Waals surface area contributed by atoms with E-state index in [0.717, 1.165) is 12.1 Å². The van der Waals surface area contributed by atoms with Crippen LogP contribution in [0.5, 0.6) is 0 Å². The number of aromatic nitrogens is 3. The second kappa shape index (κ2) is 6.48. The third kappa shape index (κ3) is 3.37. The third-order valence-corrected chi connectivity index (χ3v) is 5.52. The van der Waals surface area contributed by atoms with Gasteiger partial charge in [-0.2, -0.15) is 5.10 Å². The molecule has 2 aromatic heterocycles. The Labute approximate surface area is 147 Å². The molecule has 0 spiro atoms. The second-order valence-electron chi connectivity index (χ2n) is 7.23. The molecule has 25 heavy (non-hydrogen) atoms. The van der Waals surface area contributed by atoms with Crippen LogP contribution in [0, 0.1) is 5.41 Å². The number of hydrogen-bond acceptors (Lipinski definition) is 4. The molecular weight excluding hydrogens is 318 g/mol. The zero-order valence-electron chi connectivity index (χ0n) is 15.1. The molecule has 1 aliphatic carbocycles. The highest BCUT2D eigenvalue weighted by atomic mass is 16.5. The number of nitrogens with one attached hydrogen (secondary N) is 2. The van der Waals surface area contributed by atoms with Gasteiger partial charge in [0.05, 0.1) is 17.8 Å². The van der Waals surface area contributed by atoms with E-state index in [9.17, 15) is 4.79 Å². The fourth-order valence-electron chi connectivity index (χ4n) is 3.21. The summed E-state index contributed by atoms with van der Waals surface area (Å²) >= 11 is 0. The fraction of sp³-hybridized carbons (Fsp3) is 0.500. The molecule has 0 aromatic carbocycles. The van der Waals surface area contributed by atoms with Crippen LogP contribution in [-0.2, 0) is 11.3 Å². The molecule has 7 nitrogen and oxygen atoms in total. The number of methoxy groups -OCH3 is 1. The summed E-state index contributed by atoms with van der Waals surface area (Å²) < 4.78 is 7.33. The minimum Gasteiger partial charge on any atom is -0.378 e. The van der Waals surface area contributed by atoms with E-state index >= 15 is 0 Å². The summed E-state index contributed by atoms with van der Waals surface area (Å²) in [6, 6.07) is 7.33. The Morgan fingerprint density at radius 2 is 2.16 bits per heavy atom. The van der Waals surface area contributed by atoms with Gasteiger partial charge in [0, 0.05) is 37.0 Å². The van der Waals surface area contributed by atoms with E-state index in [0.29, 0.717) is 12.4 Å². The first-order valence-corrected chi connectivity index (χ1v) is 8.40. The lowest BCUT2D eigenvalue weighted by Gasteiger charge is -2.58. The molecule has 3 rings (SSSR count). The van der Waals surface area contributed by atoms with Crippen molar-refractivity contribution in [2.24, 2.45) is 5.41 Å². The number of amides is 2. The topological polar surface area (TPSA) is 81.1 Å². The molecule has 2 amide bonds. The van der Waals surface area contributed by atoms with E-state index in [1.165, 1.54) is 0 Å². The summed E-state index contributed by atoms with van der Waals surface area (Å²) in [6.45, 7) is 6.84. The predicted octanol–water partition coefficient (Wildman–Crippen LogP) is 2.65. The van der Waals surface area contributed by atoms with Gasteiger partial charge in [-0.3, -0.25) is 15.0 Å². The molecule has 0 bridgehead atoms. The monoisotopic (exact) mass is 343 g/mol. The number of carbonyl (C=O) groups excluding carboxylic acids is 1. The lowest BCUT2D eigenvalue weighted by atomic mass is 9.56. The molecular formula is C18H25N5O2. The van der Waals surface area contributed by atoms with Crippen LogP contribution in [0.3, 0.4) is 0 Å². The highest BCUT2D eigenvalue weighted by molar-refractivity contribution is 5.88. The van der Waals surface area contributed by atoms with Crippen molar-refractivity contribution in [3.8, 4) is 0 Å². The Hall–Kier alpha value is -2.41. The first-order chi connectivity index (χ1) is 11.8. The average molecular weight is 343 g/mol. The van der Waals surface area contributed by atoms with Crippen LogP contribution >= 0.6 is 0 Å². The van der Waals surface area contributed by atoms with Gasteiger partial charge in [-0.15, -0.1) is 0 Å². The first-order valence-electron chi connectivity index (χ1n) is 8.40. The molecule has 0 radical (unpaired) electrons. The summed E-state index contributed by atoms with van der Waals surface area (Å²) in [5.41, 5.74) is 0.573. The third-order valence-electron chi connectivity index (χ3n) is 5.52. The van der Waals surface area contributed by atoms with Crippen molar-refractivity contribution >= 4 is 11.8 Å². The number of urea groups is 1. The molecule has 2 N–H and O–H groups in total. The van der Waals surface area contributed by atoms with Crippen LogP contribution < -0.4 is 10.6 Å². The van der Waals surface area contributed by atoms with Gasteiger partial charge in [0.25, 0.3) is 0 Å². The number of pyridine rings is 1. The molecule has 0 unspecified atom stereocenters. The van der Waals surface area contributed by atoms with Gasteiger partial charge in [0.1, 0.15) is 0 Å². The van der Waals surface area contributed by atoms with Gasteiger partial charge in [-0.05, 0) is 25.5 Å². The van der Waals surface area contributed by atoms with E-state index in [1.54, 1.807) is 24.1 Å². The largest absolute Gasteiger partial charge is 0.378 e. The van der Waals surface area contributed by atoms with E-state index in [1.807, 2.05) is 24.4 Å². The summed E-state index contributed by atoms with van der Waals surface area (Å²) in [4.78, 5) is 16.5. The van der Waals surface area contributed by atoms with Gasteiger partial charge < -0.3 is 10.1 Å². The molecule has 134 valence electrons. The summed E-state index contributed by atoms with van der Waals surface area (Å²) in [5.74, 6) is 0.514. The van der Waals surface area contributed by atoms with Crippen LogP contribution in [0.2, 0.25) is 0 Å². The molecule has 0 saturated heterocycles. The van der Waals surface area contributed by atoms with E-state index in [-0.39, 0.29) is 23.1 Å². The fourth-order valence-corrected chi connectivity index (χ4v) is 3.21. The second-order valence-corrected chi connectivity index (χ2v) is 7.23. The number of carbonyl (C=O) groups is 1. The lowest BCUT2D eigenvalue weighted by Crippen LogP contribution is -2.68. The maximum absolute atomic E-state index is 12.2. The van der Waals surface area contributed by atoms with Crippen LogP contribution in [0.25, 0.3) is 0 Å². The maximum Gasteiger partial charge on any atom is 0.320 e. The minimum atomic E-state index is -0.251. The number of anilines is 1. The van der Waals surface area contributed by atoms with E-state index in [2.05, 4.69) is 41.5 Å². The van der Waals surface area contributed by atoms with Crippen LogP contribution in [0.4, 0.5) is 10.6 Å². The van der Waals surface area contributed by atoms with Crippen LogP contribution in [0.1, 0.15) is 32.9 Å². The minimum absolute atomic E-state index is 0.0630. The lowest BCUT2D eigenvalue weighted by molar-refractivity contribution is -0.177. The van der Waals surface area contributed by atoms with Crippen molar-refractivity contribution in [1.82, 2.24) is 20.1 Å². The van der Waals surface area contributed by atoms with Gasteiger partial charge in [-0.1, -0.05) is 19.9 Å².